The summed E-state index contributed by atoms with van der Waals surface area (Å²) in [4.78, 5) is 10.7. The first-order chi connectivity index (χ1) is 11.5. The first kappa shape index (κ1) is 20.3. The van der Waals surface area contributed by atoms with Gasteiger partial charge in [-0.25, -0.2) is 0 Å². The van der Waals surface area contributed by atoms with Crippen LogP contribution < -0.4 is 18.9 Å². The standard InChI is InChI=1S/C9H9BrO3.C8H9BrO2/c1-12-6-3-8(10)7(5-11)9(4-6)13-2;1-10-7-3-6(9)4-8(5-7)11-2/h3-5H,1-2H3;3-5H,1-2H3. The van der Waals surface area contributed by atoms with Crippen molar-refractivity contribution in [3.63, 3.8) is 0 Å². The quantitative estimate of drug-likeness (QED) is 0.601. The van der Waals surface area contributed by atoms with Crippen molar-refractivity contribution in [1.82, 2.24) is 0 Å². The third kappa shape index (κ3) is 5.72. The highest BCUT2D eigenvalue weighted by atomic mass is 79.9. The molecular weight excluding hydrogens is 444 g/mol. The smallest absolute Gasteiger partial charge is 0.154 e. The van der Waals surface area contributed by atoms with Gasteiger partial charge in [0.25, 0.3) is 0 Å². The molecule has 130 valence electrons. The molecular formula is C17H18Br2O5. The van der Waals surface area contributed by atoms with Crippen molar-refractivity contribution >= 4 is 38.1 Å². The van der Waals surface area contributed by atoms with Gasteiger partial charge in [-0.15, -0.1) is 0 Å². The van der Waals surface area contributed by atoms with E-state index in [2.05, 4.69) is 31.9 Å². The molecule has 0 aliphatic carbocycles. The highest BCUT2D eigenvalue weighted by Crippen LogP contribution is 2.30. The molecule has 0 atom stereocenters. The van der Waals surface area contributed by atoms with Crippen LogP contribution in [0.4, 0.5) is 0 Å². The summed E-state index contributed by atoms with van der Waals surface area (Å²) in [5, 5.41) is 0. The maximum atomic E-state index is 10.7. The lowest BCUT2D eigenvalue weighted by molar-refractivity contribution is 0.112. The topological polar surface area (TPSA) is 54.0 Å². The minimum Gasteiger partial charge on any atom is -0.497 e. The van der Waals surface area contributed by atoms with Crippen molar-refractivity contribution in [2.24, 2.45) is 0 Å². The van der Waals surface area contributed by atoms with Crippen LogP contribution in [0.1, 0.15) is 10.4 Å². The summed E-state index contributed by atoms with van der Waals surface area (Å²) in [5.41, 5.74) is 0.489. The Morgan fingerprint density at radius 2 is 1.25 bits per heavy atom. The van der Waals surface area contributed by atoms with Crippen molar-refractivity contribution in [2.75, 3.05) is 28.4 Å². The van der Waals surface area contributed by atoms with E-state index in [-0.39, 0.29) is 0 Å². The molecule has 5 nitrogen and oxygen atoms in total. The van der Waals surface area contributed by atoms with E-state index in [4.69, 9.17) is 18.9 Å². The molecule has 0 heterocycles. The van der Waals surface area contributed by atoms with E-state index in [1.807, 2.05) is 18.2 Å². The second-order valence-electron chi connectivity index (χ2n) is 4.37. The number of carbonyl (C=O) groups excluding carboxylic acids is 1. The fraction of sp³-hybridized carbons (Fsp3) is 0.235. The molecule has 0 radical (unpaired) electrons. The number of aldehydes is 1. The van der Waals surface area contributed by atoms with Crippen molar-refractivity contribution < 1.29 is 23.7 Å². The Bertz CT molecular complexity index is 667. The fourth-order valence-corrected chi connectivity index (χ4v) is 2.71. The summed E-state index contributed by atoms with van der Waals surface area (Å²) in [6.45, 7) is 0. The van der Waals surface area contributed by atoms with Gasteiger partial charge in [0, 0.05) is 21.1 Å². The van der Waals surface area contributed by atoms with Crippen molar-refractivity contribution in [1.29, 1.82) is 0 Å². The maximum Gasteiger partial charge on any atom is 0.154 e. The second kappa shape index (κ2) is 10.2. The maximum absolute atomic E-state index is 10.7. The Kier molecular flexibility index (Phi) is 8.63. The molecule has 0 saturated carbocycles. The summed E-state index contributed by atoms with van der Waals surface area (Å²) >= 11 is 6.58. The minimum atomic E-state index is 0.489. The van der Waals surface area contributed by atoms with Gasteiger partial charge in [0.05, 0.1) is 34.0 Å². The van der Waals surface area contributed by atoms with Gasteiger partial charge in [0.2, 0.25) is 0 Å². The lowest BCUT2D eigenvalue weighted by Gasteiger charge is -2.07. The monoisotopic (exact) mass is 460 g/mol. The van der Waals surface area contributed by atoms with Crippen LogP contribution in [-0.2, 0) is 0 Å². The highest BCUT2D eigenvalue weighted by Gasteiger charge is 2.08. The number of rotatable bonds is 5. The number of hydrogen-bond acceptors (Lipinski definition) is 5. The van der Waals surface area contributed by atoms with E-state index in [0.29, 0.717) is 21.5 Å². The van der Waals surface area contributed by atoms with Crippen molar-refractivity contribution in [3.8, 4) is 23.0 Å². The van der Waals surface area contributed by atoms with E-state index in [1.165, 1.54) is 7.11 Å². The molecule has 0 aliphatic heterocycles. The zero-order valence-corrected chi connectivity index (χ0v) is 16.9. The Balaban J connectivity index is 0.000000243. The van der Waals surface area contributed by atoms with Gasteiger partial charge in [-0.1, -0.05) is 15.9 Å². The molecule has 0 aromatic heterocycles. The molecule has 0 aliphatic rings. The predicted octanol–water partition coefficient (Wildman–Crippen LogP) is 4.75. The number of methoxy groups -OCH3 is 4. The first-order valence-corrected chi connectivity index (χ1v) is 8.32. The molecule has 0 saturated heterocycles. The lowest BCUT2D eigenvalue weighted by atomic mass is 10.2. The zero-order chi connectivity index (χ0) is 18.1. The highest BCUT2D eigenvalue weighted by molar-refractivity contribution is 9.10. The molecule has 2 aromatic rings. The normalized spacial score (nSPS) is 9.42. The molecule has 7 heteroatoms. The molecule has 0 fully saturated rings. The van der Waals surface area contributed by atoms with Gasteiger partial charge in [0.1, 0.15) is 23.0 Å². The Hall–Kier alpha value is -1.73. The van der Waals surface area contributed by atoms with Crippen LogP contribution in [0, 0.1) is 0 Å². The number of halogens is 2. The first-order valence-electron chi connectivity index (χ1n) is 6.74. The SMILES string of the molecule is COc1cc(Br)c(C=O)c(OC)c1.COc1cc(Br)cc(OC)c1. The Morgan fingerprint density at radius 3 is 1.67 bits per heavy atom. The van der Waals surface area contributed by atoms with Crippen LogP contribution in [-0.4, -0.2) is 34.7 Å². The summed E-state index contributed by atoms with van der Waals surface area (Å²) in [7, 11) is 6.32. The van der Waals surface area contributed by atoms with Crippen LogP contribution in [0.2, 0.25) is 0 Å². The van der Waals surface area contributed by atoms with Gasteiger partial charge in [0.15, 0.2) is 6.29 Å². The summed E-state index contributed by atoms with van der Waals surface area (Å²) in [6.07, 6.45) is 0.738. The molecule has 2 aromatic carbocycles. The van der Waals surface area contributed by atoms with E-state index < -0.39 is 0 Å². The molecule has 0 spiro atoms. The van der Waals surface area contributed by atoms with Crippen LogP contribution in [0.25, 0.3) is 0 Å². The van der Waals surface area contributed by atoms with Gasteiger partial charge >= 0.3 is 0 Å². The van der Waals surface area contributed by atoms with Crippen LogP contribution in [0.5, 0.6) is 23.0 Å². The molecule has 0 amide bonds. The summed E-state index contributed by atoms with van der Waals surface area (Å²) < 4.78 is 21.7. The Morgan fingerprint density at radius 1 is 0.750 bits per heavy atom. The van der Waals surface area contributed by atoms with Gasteiger partial charge < -0.3 is 18.9 Å². The average molecular weight is 462 g/mol. The number of hydrogen-bond donors (Lipinski definition) is 0. The van der Waals surface area contributed by atoms with Crippen LogP contribution in [0.3, 0.4) is 0 Å². The van der Waals surface area contributed by atoms with E-state index in [9.17, 15) is 4.79 Å². The largest absolute Gasteiger partial charge is 0.497 e. The number of carbonyl (C=O) groups is 1. The van der Waals surface area contributed by atoms with Gasteiger partial charge in [-0.2, -0.15) is 0 Å². The van der Waals surface area contributed by atoms with Crippen molar-refractivity contribution in [3.05, 3.63) is 44.8 Å². The summed E-state index contributed by atoms with van der Waals surface area (Å²) in [6, 6.07) is 8.95. The summed E-state index contributed by atoms with van der Waals surface area (Å²) in [5.74, 6) is 2.73. The zero-order valence-electron chi connectivity index (χ0n) is 13.8. The van der Waals surface area contributed by atoms with Crippen LogP contribution >= 0.6 is 31.9 Å². The average Bonchev–Trinajstić information content (AvgIpc) is 2.60. The Labute approximate surface area is 158 Å². The molecule has 24 heavy (non-hydrogen) atoms. The van der Waals surface area contributed by atoms with Gasteiger partial charge in [-0.3, -0.25) is 4.79 Å². The molecule has 0 bridgehead atoms. The van der Waals surface area contributed by atoms with E-state index in [1.54, 1.807) is 33.5 Å². The lowest BCUT2D eigenvalue weighted by Crippen LogP contribution is -1.93. The third-order valence-electron chi connectivity index (χ3n) is 2.95. The number of ether oxygens (including phenoxy) is 4. The minimum absolute atomic E-state index is 0.489. The van der Waals surface area contributed by atoms with Gasteiger partial charge in [-0.05, 0) is 34.1 Å². The van der Waals surface area contributed by atoms with Crippen LogP contribution in [0.15, 0.2) is 39.3 Å². The number of benzene rings is 2. The van der Waals surface area contributed by atoms with Crippen molar-refractivity contribution in [2.45, 2.75) is 0 Å². The third-order valence-corrected chi connectivity index (χ3v) is 4.07. The second-order valence-corrected chi connectivity index (χ2v) is 6.14. The molecule has 2 rings (SSSR count). The molecule has 0 N–H and O–H groups in total. The predicted molar refractivity (Wildman–Crippen MR) is 99.9 cm³/mol. The van der Waals surface area contributed by atoms with E-state index >= 15 is 0 Å². The fourth-order valence-electron chi connectivity index (χ4n) is 1.74. The molecule has 0 unspecified atom stereocenters. The van der Waals surface area contributed by atoms with E-state index in [0.717, 1.165) is 22.3 Å².